The molecule has 2 aromatic carbocycles. The Kier molecular flexibility index (Phi) is 4.36. The van der Waals surface area contributed by atoms with Gasteiger partial charge in [-0.1, -0.05) is 29.8 Å². The van der Waals surface area contributed by atoms with Gasteiger partial charge in [-0.3, -0.25) is 9.59 Å². The maximum atomic E-state index is 12.6. The van der Waals surface area contributed by atoms with Crippen molar-refractivity contribution in [3.8, 4) is 0 Å². The van der Waals surface area contributed by atoms with Crippen molar-refractivity contribution < 1.29 is 13.2 Å². The van der Waals surface area contributed by atoms with E-state index in [1.54, 1.807) is 24.3 Å². The number of aromatic amines is 1. The molecule has 128 valence electrons. The van der Waals surface area contributed by atoms with Crippen LogP contribution in [-0.4, -0.2) is 25.6 Å². The molecule has 0 saturated carbocycles. The fraction of sp³-hybridized carbons (Fsp3) is 0.0588. The average Bonchev–Trinajstić information content (AvgIpc) is 2.54. The maximum absolute atomic E-state index is 12.6. The zero-order valence-corrected chi connectivity index (χ0v) is 14.6. The second kappa shape index (κ2) is 6.34. The molecule has 2 N–H and O–H groups in total. The van der Waals surface area contributed by atoms with Gasteiger partial charge in [-0.15, -0.1) is 0 Å². The first-order chi connectivity index (χ1) is 11.8. The van der Waals surface area contributed by atoms with Gasteiger partial charge in [0.1, 0.15) is 0 Å². The summed E-state index contributed by atoms with van der Waals surface area (Å²) in [5.74, 6) is -0.560. The summed E-state index contributed by atoms with van der Waals surface area (Å²) in [5.41, 5.74) is 0.426. The Balaban J connectivity index is 2.06. The molecular weight excluding hydrogens is 364 g/mol. The molecule has 0 radical (unpaired) electrons. The quantitative estimate of drug-likeness (QED) is 0.734. The van der Waals surface area contributed by atoms with E-state index in [9.17, 15) is 18.0 Å². The van der Waals surface area contributed by atoms with Crippen LogP contribution in [0.5, 0.6) is 0 Å². The molecule has 3 aromatic rings. The number of carbonyl (C=O) groups excluding carboxylic acids is 1. The monoisotopic (exact) mass is 376 g/mol. The number of para-hydroxylation sites is 1. The van der Waals surface area contributed by atoms with Crippen LogP contribution >= 0.6 is 11.6 Å². The highest BCUT2D eigenvalue weighted by molar-refractivity contribution is 7.90. The van der Waals surface area contributed by atoms with Gasteiger partial charge >= 0.3 is 0 Å². The first-order valence-electron chi connectivity index (χ1n) is 7.19. The Bertz CT molecular complexity index is 1150. The minimum Gasteiger partial charge on any atom is -0.322 e. The van der Waals surface area contributed by atoms with Crippen molar-refractivity contribution in [1.82, 2.24) is 4.98 Å². The standard InChI is InChI=1S/C17H13ClN2O4S/c1-25(23,24)10-6-7-13(18)15(8-10)20-17(22)12-9-16(21)19-14-5-3-2-4-11(12)14/h2-9H,1H3,(H,19,21)(H,20,22). The SMILES string of the molecule is CS(=O)(=O)c1ccc(Cl)c(NC(=O)c2cc(=O)[nH]c3ccccc23)c1. The summed E-state index contributed by atoms with van der Waals surface area (Å²) >= 11 is 6.05. The highest BCUT2D eigenvalue weighted by Gasteiger charge is 2.15. The van der Waals surface area contributed by atoms with Crippen LogP contribution in [-0.2, 0) is 9.84 Å². The Labute approximate surface area is 148 Å². The lowest BCUT2D eigenvalue weighted by Crippen LogP contribution is -2.17. The Morgan fingerprint density at radius 3 is 2.56 bits per heavy atom. The molecule has 1 amide bonds. The van der Waals surface area contributed by atoms with E-state index in [4.69, 9.17) is 11.6 Å². The molecule has 0 atom stereocenters. The number of H-pyrrole nitrogens is 1. The normalized spacial score (nSPS) is 11.4. The number of halogens is 1. The summed E-state index contributed by atoms with van der Waals surface area (Å²) in [6.07, 6.45) is 1.06. The van der Waals surface area contributed by atoms with E-state index in [-0.39, 0.29) is 21.2 Å². The van der Waals surface area contributed by atoms with Crippen LogP contribution in [0.2, 0.25) is 5.02 Å². The highest BCUT2D eigenvalue weighted by Crippen LogP contribution is 2.26. The molecule has 8 heteroatoms. The van der Waals surface area contributed by atoms with Crippen LogP contribution < -0.4 is 10.9 Å². The summed E-state index contributed by atoms with van der Waals surface area (Å²) < 4.78 is 23.3. The highest BCUT2D eigenvalue weighted by atomic mass is 35.5. The van der Waals surface area contributed by atoms with Gasteiger partial charge < -0.3 is 10.3 Å². The molecule has 3 rings (SSSR count). The number of amides is 1. The minimum absolute atomic E-state index is 0.0305. The molecule has 0 saturated heterocycles. The molecule has 0 spiro atoms. The first-order valence-corrected chi connectivity index (χ1v) is 9.46. The lowest BCUT2D eigenvalue weighted by Gasteiger charge is -2.10. The van der Waals surface area contributed by atoms with Gasteiger partial charge in [0.05, 0.1) is 21.2 Å². The third-order valence-corrected chi connectivity index (χ3v) is 5.05. The number of aromatic nitrogens is 1. The summed E-state index contributed by atoms with van der Waals surface area (Å²) in [5, 5.41) is 3.32. The van der Waals surface area contributed by atoms with Gasteiger partial charge in [-0.2, -0.15) is 0 Å². The van der Waals surface area contributed by atoms with E-state index < -0.39 is 21.3 Å². The van der Waals surface area contributed by atoms with Gasteiger partial charge in [0.15, 0.2) is 9.84 Å². The molecule has 25 heavy (non-hydrogen) atoms. The molecule has 0 fully saturated rings. The van der Waals surface area contributed by atoms with Gasteiger partial charge in [0.2, 0.25) is 5.56 Å². The lowest BCUT2D eigenvalue weighted by molar-refractivity contribution is 0.102. The zero-order chi connectivity index (χ0) is 18.2. The van der Waals surface area contributed by atoms with Crippen molar-refractivity contribution in [1.29, 1.82) is 0 Å². The van der Waals surface area contributed by atoms with Crippen molar-refractivity contribution in [3.05, 3.63) is 69.5 Å². The van der Waals surface area contributed by atoms with Crippen LogP contribution in [0.15, 0.2) is 58.2 Å². The van der Waals surface area contributed by atoms with Gasteiger partial charge in [-0.25, -0.2) is 8.42 Å². The number of carbonyl (C=O) groups is 1. The van der Waals surface area contributed by atoms with E-state index in [1.807, 2.05) is 0 Å². The van der Waals surface area contributed by atoms with Crippen molar-refractivity contribution in [3.63, 3.8) is 0 Å². The Morgan fingerprint density at radius 2 is 1.84 bits per heavy atom. The van der Waals surface area contributed by atoms with Crippen molar-refractivity contribution in [2.45, 2.75) is 4.90 Å². The second-order valence-electron chi connectivity index (χ2n) is 5.46. The predicted molar refractivity (Wildman–Crippen MR) is 97.1 cm³/mol. The van der Waals surface area contributed by atoms with E-state index in [2.05, 4.69) is 10.3 Å². The van der Waals surface area contributed by atoms with Crippen molar-refractivity contribution in [2.75, 3.05) is 11.6 Å². The topological polar surface area (TPSA) is 96.1 Å². The van der Waals surface area contributed by atoms with Gasteiger partial charge in [0, 0.05) is 23.2 Å². The maximum Gasteiger partial charge on any atom is 0.256 e. The number of sulfone groups is 1. The molecule has 0 aliphatic heterocycles. The number of hydrogen-bond donors (Lipinski definition) is 2. The zero-order valence-electron chi connectivity index (χ0n) is 13.0. The van der Waals surface area contributed by atoms with Crippen LogP contribution in [0, 0.1) is 0 Å². The van der Waals surface area contributed by atoms with Crippen LogP contribution in [0.3, 0.4) is 0 Å². The average molecular weight is 377 g/mol. The van der Waals surface area contributed by atoms with E-state index in [0.717, 1.165) is 6.26 Å². The van der Waals surface area contributed by atoms with Gasteiger partial charge in [0.25, 0.3) is 5.91 Å². The van der Waals surface area contributed by atoms with Crippen molar-refractivity contribution in [2.24, 2.45) is 0 Å². The lowest BCUT2D eigenvalue weighted by atomic mass is 10.1. The first kappa shape index (κ1) is 17.2. The number of anilines is 1. The van der Waals surface area contributed by atoms with E-state index in [0.29, 0.717) is 10.9 Å². The minimum atomic E-state index is -3.45. The number of nitrogens with one attached hydrogen (secondary N) is 2. The molecule has 1 aromatic heterocycles. The molecule has 1 heterocycles. The number of hydrogen-bond acceptors (Lipinski definition) is 4. The number of benzene rings is 2. The smallest absolute Gasteiger partial charge is 0.256 e. The fourth-order valence-electron chi connectivity index (χ4n) is 2.41. The summed E-state index contributed by atoms with van der Waals surface area (Å²) in [6.45, 7) is 0. The third kappa shape index (κ3) is 3.57. The molecule has 0 aliphatic rings. The molecule has 0 aliphatic carbocycles. The Morgan fingerprint density at radius 1 is 1.12 bits per heavy atom. The van der Waals surface area contributed by atoms with Gasteiger partial charge in [-0.05, 0) is 24.3 Å². The summed E-state index contributed by atoms with van der Waals surface area (Å²) in [4.78, 5) is 27.1. The predicted octanol–water partition coefficient (Wildman–Crippen LogP) is 2.84. The van der Waals surface area contributed by atoms with E-state index >= 15 is 0 Å². The van der Waals surface area contributed by atoms with Crippen LogP contribution in [0.25, 0.3) is 10.9 Å². The van der Waals surface area contributed by atoms with E-state index in [1.165, 1.54) is 24.3 Å². The number of rotatable bonds is 3. The van der Waals surface area contributed by atoms with Crippen LogP contribution in [0.4, 0.5) is 5.69 Å². The number of fused-ring (bicyclic) bond motifs is 1. The fourth-order valence-corrected chi connectivity index (χ4v) is 3.22. The molecular formula is C17H13ClN2O4S. The Hall–Kier alpha value is -2.64. The molecule has 0 bridgehead atoms. The third-order valence-electron chi connectivity index (χ3n) is 3.61. The van der Waals surface area contributed by atoms with Crippen LogP contribution in [0.1, 0.15) is 10.4 Å². The largest absolute Gasteiger partial charge is 0.322 e. The molecule has 6 nitrogen and oxygen atoms in total. The van der Waals surface area contributed by atoms with Crippen molar-refractivity contribution >= 4 is 43.9 Å². The summed E-state index contributed by atoms with van der Waals surface area (Å²) in [7, 11) is -3.45. The second-order valence-corrected chi connectivity index (χ2v) is 7.88. The summed E-state index contributed by atoms with van der Waals surface area (Å²) in [6, 6.07) is 12.1. The molecule has 0 unspecified atom stereocenters. The number of pyridine rings is 1.